The number of hydrogen-bond donors (Lipinski definition) is 1. The number of halogens is 2. The van der Waals surface area contributed by atoms with Crippen LogP contribution in [-0.4, -0.2) is 51.5 Å². The van der Waals surface area contributed by atoms with E-state index in [1.807, 2.05) is 19.9 Å². The molecule has 2 aromatic heterocycles. The summed E-state index contributed by atoms with van der Waals surface area (Å²) < 4.78 is 35.9. The predicted octanol–water partition coefficient (Wildman–Crippen LogP) is 2.80. The number of rotatable bonds is 9. The summed E-state index contributed by atoms with van der Waals surface area (Å²) in [5.41, 5.74) is 2.59. The average Bonchev–Trinajstić information content (AvgIpc) is 3.10. The number of fused-ring (bicyclic) bond motifs is 1. The van der Waals surface area contributed by atoms with E-state index in [0.29, 0.717) is 23.9 Å². The fourth-order valence-corrected chi connectivity index (χ4v) is 3.45. The Labute approximate surface area is 176 Å². The number of aryl methyl sites for hydroxylation is 2. The SMILES string of the molecule is COc1cc(CCNC(=O)CSc2nc3nc(C)cc(C)n3n2)ccc1OC(F)F. The molecule has 0 radical (unpaired) electrons. The third-order valence-electron chi connectivity index (χ3n) is 4.11. The Balaban J connectivity index is 1.49. The van der Waals surface area contributed by atoms with E-state index in [0.717, 1.165) is 17.0 Å². The molecule has 1 N–H and O–H groups in total. The van der Waals surface area contributed by atoms with Gasteiger partial charge in [0.15, 0.2) is 11.5 Å². The van der Waals surface area contributed by atoms with E-state index in [4.69, 9.17) is 4.74 Å². The Hall–Kier alpha value is -2.95. The summed E-state index contributed by atoms with van der Waals surface area (Å²) >= 11 is 1.23. The summed E-state index contributed by atoms with van der Waals surface area (Å²) in [4.78, 5) is 20.7. The Kier molecular flexibility index (Phi) is 7.03. The molecule has 0 fully saturated rings. The van der Waals surface area contributed by atoms with Crippen LogP contribution in [0, 0.1) is 13.8 Å². The maximum absolute atomic E-state index is 12.4. The number of nitrogens with zero attached hydrogens (tertiary/aromatic N) is 4. The van der Waals surface area contributed by atoms with Crippen molar-refractivity contribution in [1.82, 2.24) is 24.9 Å². The summed E-state index contributed by atoms with van der Waals surface area (Å²) in [6, 6.07) is 6.59. The van der Waals surface area contributed by atoms with Crippen molar-refractivity contribution < 1.29 is 23.0 Å². The lowest BCUT2D eigenvalue weighted by Gasteiger charge is -2.11. The van der Waals surface area contributed by atoms with E-state index in [2.05, 4.69) is 25.1 Å². The van der Waals surface area contributed by atoms with Crippen LogP contribution < -0.4 is 14.8 Å². The minimum atomic E-state index is -2.92. The fourth-order valence-electron chi connectivity index (χ4n) is 2.80. The van der Waals surface area contributed by atoms with E-state index < -0.39 is 6.61 Å². The number of hydrogen-bond acceptors (Lipinski definition) is 7. The van der Waals surface area contributed by atoms with Crippen LogP contribution in [0.15, 0.2) is 29.4 Å². The zero-order chi connectivity index (χ0) is 21.7. The van der Waals surface area contributed by atoms with Gasteiger partial charge in [0.25, 0.3) is 5.78 Å². The molecule has 0 spiro atoms. The van der Waals surface area contributed by atoms with Gasteiger partial charge in [-0.1, -0.05) is 17.8 Å². The van der Waals surface area contributed by atoms with Crippen LogP contribution in [0.2, 0.25) is 0 Å². The number of aromatic nitrogens is 4. The Morgan fingerprint density at radius 3 is 2.77 bits per heavy atom. The molecular weight excluding hydrogens is 416 g/mol. The number of carbonyl (C=O) groups is 1. The second-order valence-corrected chi connectivity index (χ2v) is 7.34. The Morgan fingerprint density at radius 2 is 2.03 bits per heavy atom. The molecule has 0 saturated carbocycles. The zero-order valence-corrected chi connectivity index (χ0v) is 17.5. The number of alkyl halides is 2. The zero-order valence-electron chi connectivity index (χ0n) is 16.7. The predicted molar refractivity (Wildman–Crippen MR) is 107 cm³/mol. The van der Waals surface area contributed by atoms with Gasteiger partial charge in [0.05, 0.1) is 12.9 Å². The Morgan fingerprint density at radius 1 is 1.23 bits per heavy atom. The van der Waals surface area contributed by atoms with Gasteiger partial charge in [-0.15, -0.1) is 5.10 Å². The highest BCUT2D eigenvalue weighted by Gasteiger charge is 2.12. The first-order valence-electron chi connectivity index (χ1n) is 9.08. The lowest BCUT2D eigenvalue weighted by Crippen LogP contribution is -2.27. The van der Waals surface area contributed by atoms with Gasteiger partial charge in [0.1, 0.15) is 0 Å². The van der Waals surface area contributed by atoms with Gasteiger partial charge in [-0.3, -0.25) is 4.79 Å². The maximum atomic E-state index is 12.4. The van der Waals surface area contributed by atoms with Crippen LogP contribution >= 0.6 is 11.8 Å². The first-order chi connectivity index (χ1) is 14.4. The van der Waals surface area contributed by atoms with Crippen molar-refractivity contribution in [2.24, 2.45) is 0 Å². The van der Waals surface area contributed by atoms with Gasteiger partial charge in [-0.25, -0.2) is 9.50 Å². The summed E-state index contributed by atoms with van der Waals surface area (Å²) in [6.07, 6.45) is 0.511. The van der Waals surface area contributed by atoms with E-state index >= 15 is 0 Å². The molecule has 0 aliphatic heterocycles. The van der Waals surface area contributed by atoms with E-state index in [-0.39, 0.29) is 23.2 Å². The van der Waals surface area contributed by atoms with Crippen LogP contribution in [0.25, 0.3) is 5.78 Å². The molecule has 2 heterocycles. The topological polar surface area (TPSA) is 90.6 Å². The lowest BCUT2D eigenvalue weighted by molar-refractivity contribution is -0.118. The molecule has 0 bridgehead atoms. The molecule has 0 saturated heterocycles. The first kappa shape index (κ1) is 21.8. The van der Waals surface area contributed by atoms with Crippen molar-refractivity contribution in [2.75, 3.05) is 19.4 Å². The van der Waals surface area contributed by atoms with Crippen LogP contribution in [-0.2, 0) is 11.2 Å². The first-order valence-corrected chi connectivity index (χ1v) is 10.1. The van der Waals surface area contributed by atoms with Crippen molar-refractivity contribution in [2.45, 2.75) is 32.0 Å². The van der Waals surface area contributed by atoms with Crippen LogP contribution in [0.5, 0.6) is 11.5 Å². The molecular formula is C19H21F2N5O3S. The molecule has 30 heavy (non-hydrogen) atoms. The third-order valence-corrected chi connectivity index (χ3v) is 4.95. The van der Waals surface area contributed by atoms with E-state index in [1.54, 1.807) is 16.6 Å². The quantitative estimate of drug-likeness (QED) is 0.515. The van der Waals surface area contributed by atoms with Crippen molar-refractivity contribution in [3.05, 3.63) is 41.2 Å². The number of nitrogens with one attached hydrogen (secondary N) is 1. The van der Waals surface area contributed by atoms with Crippen molar-refractivity contribution in [1.29, 1.82) is 0 Å². The van der Waals surface area contributed by atoms with Gasteiger partial charge in [0.2, 0.25) is 11.1 Å². The standard InChI is InChI=1S/C19H21F2N5O3S/c1-11-8-12(2)26-18(23-11)24-19(25-26)30-10-16(27)22-7-6-13-4-5-14(29-17(20)21)15(9-13)28-3/h4-5,8-9,17H,6-7,10H2,1-3H3,(H,22,27). The molecule has 11 heteroatoms. The van der Waals surface area contributed by atoms with Crippen LogP contribution in [0.3, 0.4) is 0 Å². The van der Waals surface area contributed by atoms with Gasteiger partial charge in [-0.05, 0) is 44.0 Å². The molecule has 0 aliphatic carbocycles. The number of benzene rings is 1. The number of ether oxygens (including phenoxy) is 2. The highest BCUT2D eigenvalue weighted by Crippen LogP contribution is 2.29. The summed E-state index contributed by atoms with van der Waals surface area (Å²) in [6.45, 7) is 1.26. The molecule has 3 rings (SSSR count). The largest absolute Gasteiger partial charge is 0.493 e. The highest BCUT2D eigenvalue weighted by atomic mass is 32.2. The summed E-state index contributed by atoms with van der Waals surface area (Å²) in [5, 5.41) is 7.64. The molecule has 0 atom stereocenters. The Bertz CT molecular complexity index is 1040. The smallest absolute Gasteiger partial charge is 0.387 e. The molecule has 8 nitrogen and oxygen atoms in total. The van der Waals surface area contributed by atoms with Crippen LogP contribution in [0.4, 0.5) is 8.78 Å². The minimum absolute atomic E-state index is 0.0310. The molecule has 0 aliphatic rings. The van der Waals surface area contributed by atoms with Gasteiger partial charge < -0.3 is 14.8 Å². The summed E-state index contributed by atoms with van der Waals surface area (Å²) in [7, 11) is 1.38. The van der Waals surface area contributed by atoms with Crippen molar-refractivity contribution in [3.63, 3.8) is 0 Å². The second kappa shape index (κ2) is 9.70. The average molecular weight is 437 g/mol. The third kappa shape index (κ3) is 5.56. The second-order valence-electron chi connectivity index (χ2n) is 6.40. The molecule has 160 valence electrons. The van der Waals surface area contributed by atoms with Crippen molar-refractivity contribution in [3.8, 4) is 11.5 Å². The monoisotopic (exact) mass is 437 g/mol. The highest BCUT2D eigenvalue weighted by molar-refractivity contribution is 7.99. The number of amides is 1. The fraction of sp³-hybridized carbons (Fsp3) is 0.368. The lowest BCUT2D eigenvalue weighted by atomic mass is 10.1. The molecule has 0 unspecified atom stereocenters. The van der Waals surface area contributed by atoms with Gasteiger partial charge in [-0.2, -0.15) is 13.8 Å². The normalized spacial score (nSPS) is 11.1. The molecule has 1 aromatic carbocycles. The minimum Gasteiger partial charge on any atom is -0.493 e. The molecule has 3 aromatic rings. The summed E-state index contributed by atoms with van der Waals surface area (Å²) in [5.74, 6) is 0.690. The molecule has 1 amide bonds. The van der Waals surface area contributed by atoms with Gasteiger partial charge in [0, 0.05) is 17.9 Å². The number of carbonyl (C=O) groups excluding carboxylic acids is 1. The van der Waals surface area contributed by atoms with Gasteiger partial charge >= 0.3 is 6.61 Å². The van der Waals surface area contributed by atoms with E-state index in [9.17, 15) is 13.6 Å². The number of methoxy groups -OCH3 is 1. The van der Waals surface area contributed by atoms with Crippen LogP contribution in [0.1, 0.15) is 17.0 Å². The maximum Gasteiger partial charge on any atom is 0.387 e. The van der Waals surface area contributed by atoms with Crippen molar-refractivity contribution >= 4 is 23.4 Å². The number of thioether (sulfide) groups is 1. The van der Waals surface area contributed by atoms with E-state index in [1.165, 1.54) is 24.9 Å².